The summed E-state index contributed by atoms with van der Waals surface area (Å²) in [5.74, 6) is -1.97. The predicted octanol–water partition coefficient (Wildman–Crippen LogP) is 2.06. The number of benzene rings is 1. The van der Waals surface area contributed by atoms with Crippen molar-refractivity contribution in [3.05, 3.63) is 47.2 Å². The van der Waals surface area contributed by atoms with E-state index < -0.39 is 29.9 Å². The second kappa shape index (κ2) is 12.1. The molecule has 1 aliphatic rings. The monoisotopic (exact) mass is 503 g/mol. The number of nitrogens with one attached hydrogen (secondary N) is 1. The Hall–Kier alpha value is -3.73. The minimum absolute atomic E-state index is 0.0486. The average molecular weight is 504 g/mol. The Labute approximate surface area is 207 Å². The molecule has 0 radical (unpaired) electrons. The number of hydrogen-bond acceptors (Lipinski definition) is 7. The van der Waals surface area contributed by atoms with Crippen LogP contribution in [-0.2, 0) is 14.3 Å². The van der Waals surface area contributed by atoms with E-state index in [2.05, 4.69) is 15.3 Å². The van der Waals surface area contributed by atoms with Gasteiger partial charge in [0.2, 0.25) is 5.91 Å². The quantitative estimate of drug-likeness (QED) is 0.521. The van der Waals surface area contributed by atoms with Crippen molar-refractivity contribution in [3.63, 3.8) is 0 Å². The lowest BCUT2D eigenvalue weighted by atomic mass is 10.1. The Morgan fingerprint density at radius 2 is 1.74 bits per heavy atom. The Balaban J connectivity index is 1.73. The van der Waals surface area contributed by atoms with Gasteiger partial charge in [-0.1, -0.05) is 41.9 Å². The largest absolute Gasteiger partial charge is 0.481 e. The molecular formula is C23H26ClN5O6. The first-order valence-electron chi connectivity index (χ1n) is 11.1. The van der Waals surface area contributed by atoms with E-state index in [0.717, 1.165) is 0 Å². The number of rotatable bonds is 8. The number of carboxylic acid groups (broad SMARTS) is 1. The van der Waals surface area contributed by atoms with Crippen LogP contribution in [0.5, 0.6) is 0 Å². The third-order valence-electron chi connectivity index (χ3n) is 5.33. The van der Waals surface area contributed by atoms with Crippen molar-refractivity contribution in [2.75, 3.05) is 32.8 Å². The van der Waals surface area contributed by atoms with Gasteiger partial charge in [0.25, 0.3) is 5.91 Å². The first-order chi connectivity index (χ1) is 16.8. The Bertz CT molecular complexity index is 1080. The number of nitrogens with zero attached hydrogens (tertiary/aromatic N) is 4. The second-order valence-corrected chi connectivity index (χ2v) is 8.12. The zero-order chi connectivity index (χ0) is 25.4. The van der Waals surface area contributed by atoms with Gasteiger partial charge in [-0.3, -0.25) is 14.4 Å². The van der Waals surface area contributed by atoms with E-state index >= 15 is 0 Å². The van der Waals surface area contributed by atoms with Crippen LogP contribution < -0.4 is 5.32 Å². The zero-order valence-electron chi connectivity index (χ0n) is 19.1. The molecule has 11 nitrogen and oxygen atoms in total. The molecule has 1 aromatic carbocycles. The van der Waals surface area contributed by atoms with Crippen molar-refractivity contribution in [1.29, 1.82) is 0 Å². The van der Waals surface area contributed by atoms with Crippen LogP contribution in [0.1, 0.15) is 30.3 Å². The Morgan fingerprint density at radius 1 is 1.09 bits per heavy atom. The first-order valence-corrected chi connectivity index (χ1v) is 11.5. The van der Waals surface area contributed by atoms with Crippen LogP contribution in [0.2, 0.25) is 5.15 Å². The Kier molecular flexibility index (Phi) is 8.96. The molecule has 2 heterocycles. The molecule has 0 unspecified atom stereocenters. The number of piperazine rings is 1. The van der Waals surface area contributed by atoms with Crippen LogP contribution in [0.25, 0.3) is 11.4 Å². The normalized spacial score (nSPS) is 14.2. The van der Waals surface area contributed by atoms with E-state index in [-0.39, 0.29) is 62.3 Å². The maximum Gasteiger partial charge on any atom is 0.409 e. The number of carbonyl (C=O) groups excluding carboxylic acids is 3. The van der Waals surface area contributed by atoms with Crippen LogP contribution in [0.3, 0.4) is 0 Å². The lowest BCUT2D eigenvalue weighted by Gasteiger charge is -2.35. The summed E-state index contributed by atoms with van der Waals surface area (Å²) < 4.78 is 4.98. The smallest absolute Gasteiger partial charge is 0.409 e. The number of carboxylic acids is 1. The van der Waals surface area contributed by atoms with Gasteiger partial charge in [0.15, 0.2) is 5.82 Å². The first kappa shape index (κ1) is 25.9. The van der Waals surface area contributed by atoms with Gasteiger partial charge >= 0.3 is 12.1 Å². The second-order valence-electron chi connectivity index (χ2n) is 7.74. The van der Waals surface area contributed by atoms with Gasteiger partial charge in [-0.25, -0.2) is 14.8 Å². The summed E-state index contributed by atoms with van der Waals surface area (Å²) in [5.41, 5.74) is 0.603. The summed E-state index contributed by atoms with van der Waals surface area (Å²) in [6.45, 7) is 2.96. The van der Waals surface area contributed by atoms with E-state index in [9.17, 15) is 19.2 Å². The number of aromatic nitrogens is 2. The highest BCUT2D eigenvalue weighted by molar-refractivity contribution is 6.29. The minimum Gasteiger partial charge on any atom is -0.481 e. The molecule has 1 atom stereocenters. The highest BCUT2D eigenvalue weighted by Gasteiger charge is 2.31. The molecule has 0 spiro atoms. The summed E-state index contributed by atoms with van der Waals surface area (Å²) in [6.07, 6.45) is -0.882. The molecule has 0 saturated carbocycles. The molecular weight excluding hydrogens is 478 g/mol. The molecule has 2 N–H and O–H groups in total. The lowest BCUT2D eigenvalue weighted by molar-refractivity contribution is -0.138. The fourth-order valence-corrected chi connectivity index (χ4v) is 3.74. The molecule has 186 valence electrons. The average Bonchev–Trinajstić information content (AvgIpc) is 2.86. The van der Waals surface area contributed by atoms with E-state index in [0.29, 0.717) is 5.56 Å². The van der Waals surface area contributed by atoms with Crippen molar-refractivity contribution in [1.82, 2.24) is 25.1 Å². The van der Waals surface area contributed by atoms with E-state index in [1.54, 1.807) is 31.2 Å². The molecule has 0 aliphatic carbocycles. The SMILES string of the molecule is CCOC(=O)N1CCN(C(=O)[C@H](CCC(=O)O)NC(=O)c2cc(Cl)nc(-c3ccccc3)n2)CC1. The molecule has 3 amide bonds. The third-order valence-corrected chi connectivity index (χ3v) is 5.52. The molecule has 0 bridgehead atoms. The fraction of sp³-hybridized carbons (Fsp3) is 0.391. The fourth-order valence-electron chi connectivity index (χ4n) is 3.55. The number of amides is 3. The van der Waals surface area contributed by atoms with Crippen molar-refractivity contribution in [2.24, 2.45) is 0 Å². The van der Waals surface area contributed by atoms with Crippen molar-refractivity contribution >= 4 is 35.5 Å². The minimum atomic E-state index is -1.10. The van der Waals surface area contributed by atoms with Gasteiger partial charge in [0.05, 0.1) is 6.61 Å². The van der Waals surface area contributed by atoms with Crippen LogP contribution >= 0.6 is 11.6 Å². The molecule has 12 heteroatoms. The molecule has 1 aromatic heterocycles. The number of hydrogen-bond donors (Lipinski definition) is 2. The molecule has 1 aliphatic heterocycles. The highest BCUT2D eigenvalue weighted by Crippen LogP contribution is 2.18. The maximum atomic E-state index is 13.2. The molecule has 1 fully saturated rings. The van der Waals surface area contributed by atoms with Crippen molar-refractivity contribution < 1.29 is 29.0 Å². The molecule has 2 aromatic rings. The highest BCUT2D eigenvalue weighted by atomic mass is 35.5. The zero-order valence-corrected chi connectivity index (χ0v) is 19.9. The standard InChI is InChI=1S/C23H26ClN5O6/c1-2-35-23(34)29-12-10-28(11-13-29)22(33)16(8-9-19(30)31)26-21(32)17-14-18(24)27-20(25-17)15-6-4-3-5-7-15/h3-7,14,16H,2,8-13H2,1H3,(H,26,32)(H,30,31)/t16-/m0/s1. The number of carbonyl (C=O) groups is 4. The summed E-state index contributed by atoms with van der Waals surface area (Å²) >= 11 is 6.10. The van der Waals surface area contributed by atoms with E-state index in [1.807, 2.05) is 6.07 Å². The van der Waals surface area contributed by atoms with Crippen LogP contribution in [-0.4, -0.2) is 87.6 Å². The number of aliphatic carboxylic acids is 1. The van der Waals surface area contributed by atoms with E-state index in [4.69, 9.17) is 21.4 Å². The summed E-state index contributed by atoms with van der Waals surface area (Å²) in [7, 11) is 0. The van der Waals surface area contributed by atoms with Crippen LogP contribution in [0, 0.1) is 0 Å². The van der Waals surface area contributed by atoms with Crippen molar-refractivity contribution in [2.45, 2.75) is 25.8 Å². The summed E-state index contributed by atoms with van der Waals surface area (Å²) in [4.78, 5) is 60.6. The number of halogens is 1. The molecule has 1 saturated heterocycles. The molecule has 35 heavy (non-hydrogen) atoms. The van der Waals surface area contributed by atoms with Gasteiger partial charge in [0.1, 0.15) is 16.9 Å². The summed E-state index contributed by atoms with van der Waals surface area (Å²) in [6, 6.07) is 9.13. The van der Waals surface area contributed by atoms with Crippen LogP contribution in [0.4, 0.5) is 4.79 Å². The van der Waals surface area contributed by atoms with Gasteiger partial charge in [-0.15, -0.1) is 0 Å². The maximum absolute atomic E-state index is 13.2. The lowest BCUT2D eigenvalue weighted by Crippen LogP contribution is -2.56. The van der Waals surface area contributed by atoms with Gasteiger partial charge < -0.3 is 25.0 Å². The third kappa shape index (κ3) is 7.12. The topological polar surface area (TPSA) is 142 Å². The number of ether oxygens (including phenoxy) is 1. The van der Waals surface area contributed by atoms with Crippen LogP contribution in [0.15, 0.2) is 36.4 Å². The van der Waals surface area contributed by atoms with E-state index in [1.165, 1.54) is 15.9 Å². The molecule has 3 rings (SSSR count). The van der Waals surface area contributed by atoms with Gasteiger partial charge in [0, 0.05) is 44.2 Å². The summed E-state index contributed by atoms with van der Waals surface area (Å²) in [5, 5.41) is 11.8. The Morgan fingerprint density at radius 3 is 2.37 bits per heavy atom. The van der Waals surface area contributed by atoms with Gasteiger partial charge in [-0.05, 0) is 13.3 Å². The predicted molar refractivity (Wildman–Crippen MR) is 126 cm³/mol. The van der Waals surface area contributed by atoms with Crippen molar-refractivity contribution in [3.8, 4) is 11.4 Å². The van der Waals surface area contributed by atoms with Gasteiger partial charge in [-0.2, -0.15) is 0 Å².